The van der Waals surface area contributed by atoms with Gasteiger partial charge in [0.1, 0.15) is 0 Å². The third-order valence-electron chi connectivity index (χ3n) is 2.71. The Labute approximate surface area is 109 Å². The molecule has 0 radical (unpaired) electrons. The molecule has 1 heterocycles. The van der Waals surface area contributed by atoms with Crippen molar-refractivity contribution in [2.24, 2.45) is 0 Å². The molecular formula is C13H15NO2SSi. The van der Waals surface area contributed by atoms with Crippen LogP contribution in [0.25, 0.3) is 0 Å². The molecule has 0 saturated heterocycles. The minimum absolute atomic E-state index is 0.326. The molecule has 94 valence electrons. The largest absolute Gasteiger partial charge is 0.266 e. The zero-order chi connectivity index (χ0) is 13.2. The summed E-state index contributed by atoms with van der Waals surface area (Å²) in [5.74, 6) is 0. The Kier molecular flexibility index (Phi) is 3.63. The van der Waals surface area contributed by atoms with Crippen LogP contribution in [0.4, 0.5) is 0 Å². The summed E-state index contributed by atoms with van der Waals surface area (Å²) in [5.41, 5.74) is 0. The molecule has 0 amide bonds. The van der Waals surface area contributed by atoms with Crippen molar-refractivity contribution in [3.8, 4) is 0 Å². The number of nitrogens with zero attached hydrogens (tertiary/aromatic N) is 1. The monoisotopic (exact) mass is 277 g/mol. The second kappa shape index (κ2) is 5.03. The molecule has 5 heteroatoms. The van der Waals surface area contributed by atoms with Crippen LogP contribution in [0.1, 0.15) is 0 Å². The van der Waals surface area contributed by atoms with E-state index in [0.717, 1.165) is 5.32 Å². The summed E-state index contributed by atoms with van der Waals surface area (Å²) in [4.78, 5) is 4.90. The SMILES string of the molecule is C[SiH](C)c1cc(S(=O)(=O)c2ccccc2)ccn1. The maximum atomic E-state index is 12.4. The van der Waals surface area contributed by atoms with Crippen LogP contribution in [0.2, 0.25) is 13.1 Å². The van der Waals surface area contributed by atoms with Gasteiger partial charge in [0, 0.05) is 11.5 Å². The van der Waals surface area contributed by atoms with Crippen molar-refractivity contribution < 1.29 is 8.42 Å². The smallest absolute Gasteiger partial charge is 0.206 e. The number of hydrogen-bond acceptors (Lipinski definition) is 3. The first-order chi connectivity index (χ1) is 8.51. The summed E-state index contributed by atoms with van der Waals surface area (Å²) in [6, 6.07) is 11.8. The minimum atomic E-state index is -3.41. The lowest BCUT2D eigenvalue weighted by atomic mass is 10.4. The summed E-state index contributed by atoms with van der Waals surface area (Å²) >= 11 is 0. The molecule has 18 heavy (non-hydrogen) atoms. The van der Waals surface area contributed by atoms with E-state index in [1.54, 1.807) is 48.7 Å². The highest BCUT2D eigenvalue weighted by Gasteiger charge is 2.18. The summed E-state index contributed by atoms with van der Waals surface area (Å²) < 4.78 is 24.8. The van der Waals surface area contributed by atoms with Crippen molar-refractivity contribution in [3.63, 3.8) is 0 Å². The molecule has 2 aromatic rings. The molecule has 0 aliphatic heterocycles. The van der Waals surface area contributed by atoms with Crippen LogP contribution in [0.5, 0.6) is 0 Å². The molecule has 0 atom stereocenters. The summed E-state index contributed by atoms with van der Waals surface area (Å²) in [7, 11) is -4.51. The average molecular weight is 277 g/mol. The van der Waals surface area contributed by atoms with E-state index in [0.29, 0.717) is 9.79 Å². The Hall–Kier alpha value is -1.46. The van der Waals surface area contributed by atoms with E-state index in [1.807, 2.05) is 0 Å². The summed E-state index contributed by atoms with van der Waals surface area (Å²) in [6.45, 7) is 4.25. The van der Waals surface area contributed by atoms with Crippen LogP contribution in [0.15, 0.2) is 58.5 Å². The molecule has 0 N–H and O–H groups in total. The molecular weight excluding hydrogens is 262 g/mol. The van der Waals surface area contributed by atoms with Gasteiger partial charge < -0.3 is 0 Å². The molecule has 0 fully saturated rings. The Morgan fingerprint density at radius 2 is 1.67 bits per heavy atom. The maximum Gasteiger partial charge on any atom is 0.206 e. The molecule has 0 unspecified atom stereocenters. The number of pyridine rings is 1. The van der Waals surface area contributed by atoms with Gasteiger partial charge in [0.25, 0.3) is 0 Å². The van der Waals surface area contributed by atoms with Crippen molar-refractivity contribution in [2.45, 2.75) is 22.9 Å². The predicted molar refractivity (Wildman–Crippen MR) is 74.6 cm³/mol. The Bertz CT molecular complexity index is 639. The number of aromatic nitrogens is 1. The second-order valence-electron chi connectivity index (χ2n) is 4.39. The lowest BCUT2D eigenvalue weighted by molar-refractivity contribution is 0.596. The van der Waals surface area contributed by atoms with Gasteiger partial charge in [0.15, 0.2) is 0 Å². The third-order valence-corrected chi connectivity index (χ3v) is 5.97. The van der Waals surface area contributed by atoms with Crippen molar-refractivity contribution in [1.82, 2.24) is 4.98 Å². The van der Waals surface area contributed by atoms with Crippen LogP contribution in [0.3, 0.4) is 0 Å². The van der Waals surface area contributed by atoms with Gasteiger partial charge in [-0.25, -0.2) is 8.42 Å². The second-order valence-corrected chi connectivity index (χ2v) is 9.24. The van der Waals surface area contributed by atoms with Gasteiger partial charge in [-0.1, -0.05) is 31.3 Å². The van der Waals surface area contributed by atoms with Gasteiger partial charge in [0.05, 0.1) is 18.6 Å². The van der Waals surface area contributed by atoms with Crippen molar-refractivity contribution in [1.29, 1.82) is 0 Å². The molecule has 2 rings (SSSR count). The fraction of sp³-hybridized carbons (Fsp3) is 0.154. The van der Waals surface area contributed by atoms with E-state index >= 15 is 0 Å². The van der Waals surface area contributed by atoms with Crippen LogP contribution in [-0.4, -0.2) is 22.2 Å². The number of rotatable bonds is 3. The van der Waals surface area contributed by atoms with E-state index in [-0.39, 0.29) is 0 Å². The van der Waals surface area contributed by atoms with Gasteiger partial charge in [-0.2, -0.15) is 0 Å². The highest BCUT2D eigenvalue weighted by molar-refractivity contribution is 7.91. The first-order valence-corrected chi connectivity index (χ1v) is 10.1. The van der Waals surface area contributed by atoms with E-state index in [1.165, 1.54) is 0 Å². The highest BCUT2D eigenvalue weighted by Crippen LogP contribution is 2.18. The van der Waals surface area contributed by atoms with Crippen molar-refractivity contribution in [3.05, 3.63) is 48.7 Å². The summed E-state index contributed by atoms with van der Waals surface area (Å²) in [6.07, 6.45) is 1.58. The Morgan fingerprint density at radius 3 is 2.28 bits per heavy atom. The minimum Gasteiger partial charge on any atom is -0.266 e. The third kappa shape index (κ3) is 2.52. The fourth-order valence-electron chi connectivity index (χ4n) is 1.65. The van der Waals surface area contributed by atoms with E-state index in [9.17, 15) is 8.42 Å². The summed E-state index contributed by atoms with van der Waals surface area (Å²) in [5, 5.41) is 0.923. The molecule has 0 saturated carbocycles. The quantitative estimate of drug-likeness (QED) is 0.801. The zero-order valence-corrected chi connectivity index (χ0v) is 12.3. The molecule has 0 aliphatic carbocycles. The van der Waals surface area contributed by atoms with Gasteiger partial charge in [-0.15, -0.1) is 0 Å². The topological polar surface area (TPSA) is 47.0 Å². The van der Waals surface area contributed by atoms with Gasteiger partial charge in [-0.3, -0.25) is 4.98 Å². The molecule has 0 aliphatic rings. The normalized spacial score (nSPS) is 11.7. The fourth-order valence-corrected chi connectivity index (χ4v) is 3.97. The number of hydrogen-bond donors (Lipinski definition) is 0. The molecule has 1 aromatic carbocycles. The van der Waals surface area contributed by atoms with Gasteiger partial charge in [0.2, 0.25) is 9.84 Å². The standard InChI is InChI=1S/C13H15NO2SSi/c1-18(2)13-10-12(8-9-14-13)17(15,16)11-6-4-3-5-7-11/h3-10,18H,1-2H3. The lowest BCUT2D eigenvalue weighted by Gasteiger charge is -2.07. The van der Waals surface area contributed by atoms with E-state index in [4.69, 9.17) is 0 Å². The lowest BCUT2D eigenvalue weighted by Crippen LogP contribution is -2.26. The van der Waals surface area contributed by atoms with Crippen molar-refractivity contribution in [2.75, 3.05) is 0 Å². The van der Waals surface area contributed by atoms with Crippen LogP contribution in [-0.2, 0) is 9.84 Å². The molecule has 3 nitrogen and oxygen atoms in total. The average Bonchev–Trinajstić information content (AvgIpc) is 2.40. The Morgan fingerprint density at radius 1 is 1.00 bits per heavy atom. The van der Waals surface area contributed by atoms with Crippen LogP contribution >= 0.6 is 0 Å². The predicted octanol–water partition coefficient (Wildman–Crippen LogP) is 1.61. The van der Waals surface area contributed by atoms with E-state index < -0.39 is 18.6 Å². The number of sulfone groups is 1. The number of benzene rings is 1. The van der Waals surface area contributed by atoms with Crippen LogP contribution < -0.4 is 5.32 Å². The molecule has 0 bridgehead atoms. The maximum absolute atomic E-state index is 12.4. The van der Waals surface area contributed by atoms with Gasteiger partial charge in [-0.05, 0) is 24.3 Å². The van der Waals surface area contributed by atoms with E-state index in [2.05, 4.69) is 18.1 Å². The Balaban J connectivity index is 2.52. The van der Waals surface area contributed by atoms with Gasteiger partial charge >= 0.3 is 0 Å². The zero-order valence-electron chi connectivity index (χ0n) is 10.4. The molecule has 0 spiro atoms. The first kappa shape index (κ1) is 13.0. The van der Waals surface area contributed by atoms with Crippen LogP contribution in [0, 0.1) is 0 Å². The van der Waals surface area contributed by atoms with Crippen molar-refractivity contribution >= 4 is 24.0 Å². The molecule has 1 aromatic heterocycles. The first-order valence-electron chi connectivity index (χ1n) is 5.78. The highest BCUT2D eigenvalue weighted by atomic mass is 32.2.